The molecule has 21 nitrogen and oxygen atoms in total. The number of benzene rings is 3. The molecule has 9 rings (SSSR count). The van der Waals surface area contributed by atoms with Gasteiger partial charge in [-0.3, -0.25) is 19.5 Å². The van der Waals surface area contributed by atoms with Crippen molar-refractivity contribution in [3.8, 4) is 34.9 Å². The maximum atomic E-state index is 11.1. The van der Waals surface area contributed by atoms with Crippen LogP contribution in [0.25, 0.3) is 0 Å². The van der Waals surface area contributed by atoms with Gasteiger partial charge < -0.3 is 65.5 Å². The first-order chi connectivity index (χ1) is 41.1. The zero-order valence-electron chi connectivity index (χ0n) is 48.8. The predicted molar refractivity (Wildman–Crippen MR) is 325 cm³/mol. The number of carbonyl (C=O) groups excluding carboxylic acids is 1. The average Bonchev–Trinajstić information content (AvgIpc) is 2.51. The minimum atomic E-state index is -1.18. The van der Waals surface area contributed by atoms with E-state index < -0.39 is 12.2 Å². The molecule has 2 N–H and O–H groups in total. The van der Waals surface area contributed by atoms with Crippen molar-refractivity contribution < 1.29 is 70.2 Å². The molecule has 9 aromatic rings. The van der Waals surface area contributed by atoms with Gasteiger partial charge in [0, 0.05) is 18.2 Å². The fourth-order valence-electron chi connectivity index (χ4n) is 8.29. The molecule has 6 heterocycles. The van der Waals surface area contributed by atoms with Crippen molar-refractivity contribution in [3.05, 3.63) is 233 Å². The van der Waals surface area contributed by atoms with Crippen LogP contribution in [0.4, 0.5) is 0 Å². The van der Waals surface area contributed by atoms with Crippen LogP contribution < -0.4 is 28.4 Å². The Bertz CT molecular complexity index is 3270. The summed E-state index contributed by atoms with van der Waals surface area (Å²) in [5.41, 5.74) is 3.77. The van der Waals surface area contributed by atoms with Crippen LogP contribution in [0.1, 0.15) is 105 Å². The molecule has 0 radical (unpaired) electrons. The van der Waals surface area contributed by atoms with E-state index in [0.29, 0.717) is 64.4 Å². The molecule has 0 bridgehead atoms. The van der Waals surface area contributed by atoms with Crippen LogP contribution in [-0.4, -0.2) is 110 Å². The molecular weight excluding hydrogens is 1170 g/mol. The molecule has 458 valence electrons. The molecule has 22 heteroatoms. The van der Waals surface area contributed by atoms with E-state index in [0.717, 1.165) is 21.2 Å². The number of ether oxygens (including phenoxy) is 6. The molecular formula is C64H75BrN6O15. The molecule has 0 aliphatic rings. The Hall–Kier alpha value is -8.90. The number of halogens is 1. The summed E-state index contributed by atoms with van der Waals surface area (Å²) in [5, 5.41) is 34.2. The Morgan fingerprint density at radius 3 is 1.15 bits per heavy atom. The average molecular weight is 1250 g/mol. The van der Waals surface area contributed by atoms with E-state index in [1.165, 1.54) is 40.1 Å². The first-order valence-corrected chi connectivity index (χ1v) is 27.1. The molecule has 0 saturated carbocycles. The Balaban J connectivity index is 0.000000220. The number of carbonyl (C=O) groups is 1. The Kier molecular flexibility index (Phi) is 27.0. The van der Waals surface area contributed by atoms with Crippen LogP contribution in [0.3, 0.4) is 0 Å². The van der Waals surface area contributed by atoms with E-state index >= 15 is 0 Å². The summed E-state index contributed by atoms with van der Waals surface area (Å²) in [6.45, 7) is 12.5. The molecule has 0 spiro atoms. The molecule has 0 fully saturated rings. The topological polar surface area (TPSA) is 240 Å². The summed E-state index contributed by atoms with van der Waals surface area (Å²) in [6, 6.07) is 33.4. The highest BCUT2D eigenvalue weighted by molar-refractivity contribution is 9.10. The first kappa shape index (κ1) is 67.9. The number of methoxy groups -OCH3 is 3. The van der Waals surface area contributed by atoms with Crippen LogP contribution in [0.5, 0.6) is 34.9 Å². The second kappa shape index (κ2) is 34.2. The fourth-order valence-corrected chi connectivity index (χ4v) is 8.79. The van der Waals surface area contributed by atoms with Crippen molar-refractivity contribution in [2.45, 2.75) is 57.6 Å². The van der Waals surface area contributed by atoms with Crippen LogP contribution in [0, 0.1) is 0 Å². The number of aromatic nitrogens is 3. The Morgan fingerprint density at radius 2 is 0.814 bits per heavy atom. The predicted octanol–water partition coefficient (Wildman–Crippen LogP) is 13.0. The third-order valence-electron chi connectivity index (χ3n) is 12.7. The van der Waals surface area contributed by atoms with E-state index in [-0.39, 0.29) is 67.8 Å². The van der Waals surface area contributed by atoms with Crippen molar-refractivity contribution in [1.29, 1.82) is 0 Å². The van der Waals surface area contributed by atoms with Gasteiger partial charge in [-0.1, -0.05) is 117 Å². The third kappa shape index (κ3) is 17.6. The lowest BCUT2D eigenvalue weighted by Gasteiger charge is -2.20. The molecule has 0 aliphatic heterocycles. The molecule has 3 aromatic carbocycles. The minimum Gasteiger partial charge on any atom is -0.493 e. The quantitative estimate of drug-likeness (QED) is 0.0378. The van der Waals surface area contributed by atoms with Gasteiger partial charge >= 0.3 is 0 Å². The van der Waals surface area contributed by atoms with Gasteiger partial charge in [-0.2, -0.15) is 0 Å². The van der Waals surface area contributed by atoms with Crippen LogP contribution in [-0.2, 0) is 19.8 Å². The van der Waals surface area contributed by atoms with Crippen molar-refractivity contribution in [2.75, 3.05) is 63.6 Å². The van der Waals surface area contributed by atoms with Crippen molar-refractivity contribution in [2.24, 2.45) is 0 Å². The normalized spacial score (nSPS) is 12.5. The summed E-state index contributed by atoms with van der Waals surface area (Å²) in [4.78, 5) is 15.8. The lowest BCUT2D eigenvalue weighted by Crippen LogP contribution is -2.19. The van der Waals surface area contributed by atoms with Gasteiger partial charge in [0.2, 0.25) is 5.76 Å². The smallest absolute Gasteiger partial charge is 0.269 e. The SMILES string of the molecule is C.C=C[C@@H](c1onc(OCc2ccccc2)c1Br)N(C)C.C=C[C@@H](c1onc(OCc2ccccc2)c1[C@@H](O)c1occc1OC)N(C)C.C=C[C@@H](c1onc(OCc2ccccc2)c1[C@H](O)c1occc1OC)N(C)C.COc1ccoc1C=O. The molecule has 86 heavy (non-hydrogen) atoms. The highest BCUT2D eigenvalue weighted by Gasteiger charge is 2.35. The number of aliphatic hydroxyl groups is 2. The highest BCUT2D eigenvalue weighted by atomic mass is 79.9. The van der Waals surface area contributed by atoms with Crippen molar-refractivity contribution in [3.63, 3.8) is 0 Å². The third-order valence-corrected chi connectivity index (χ3v) is 13.4. The van der Waals surface area contributed by atoms with Gasteiger partial charge in [0.1, 0.15) is 36.5 Å². The Labute approximate surface area is 509 Å². The number of rotatable bonds is 26. The first-order valence-electron chi connectivity index (χ1n) is 26.3. The summed E-state index contributed by atoms with van der Waals surface area (Å²) in [5.74, 6) is 4.44. The maximum Gasteiger partial charge on any atom is 0.269 e. The largest absolute Gasteiger partial charge is 0.493 e. The van der Waals surface area contributed by atoms with Crippen LogP contribution in [0.2, 0.25) is 0 Å². The lowest BCUT2D eigenvalue weighted by atomic mass is 10.0. The van der Waals surface area contributed by atoms with Crippen molar-refractivity contribution in [1.82, 2.24) is 30.2 Å². The molecule has 0 saturated heterocycles. The van der Waals surface area contributed by atoms with Crippen LogP contribution in [0.15, 0.2) is 197 Å². The summed E-state index contributed by atoms with van der Waals surface area (Å²) < 4.78 is 65.5. The molecule has 5 atom stereocenters. The Morgan fingerprint density at radius 1 is 0.488 bits per heavy atom. The van der Waals surface area contributed by atoms with Gasteiger partial charge in [0.05, 0.1) is 69.4 Å². The standard InChI is InChI=1S/2C21H24N2O5.C15H17BrN2O2.C6H6O3.CH4/c2*1-5-15(23(2)3)19-17(18(24)20-16(25-4)11-12-26-20)21(22-28-19)27-13-14-9-7-6-8-10-14;1-4-12(18(2)3)14-13(16)15(17-20-14)19-10-11-8-6-5-7-9-11;1-8-5-2-3-9-6(5)4-7;/h2*5-12,15,18,24H,1,13H2,2-4H3;4-9,12H,1,10H2,2-3H3;2-4H,1H3;1H4/t15-,18+;15-,18-;12-;;/m000../s1. The zero-order chi connectivity index (χ0) is 61.4. The van der Waals surface area contributed by atoms with Gasteiger partial charge in [-0.25, -0.2) is 0 Å². The maximum absolute atomic E-state index is 11.1. The van der Waals surface area contributed by atoms with Gasteiger partial charge in [0.25, 0.3) is 17.6 Å². The van der Waals surface area contributed by atoms with E-state index in [1.54, 1.807) is 36.4 Å². The van der Waals surface area contributed by atoms with Gasteiger partial charge in [-0.05, 0) is 90.4 Å². The molecule has 6 aromatic heterocycles. The monoisotopic (exact) mass is 1250 g/mol. The highest BCUT2D eigenvalue weighted by Crippen LogP contribution is 2.43. The van der Waals surface area contributed by atoms with Crippen LogP contribution >= 0.6 is 15.9 Å². The van der Waals surface area contributed by atoms with Gasteiger partial charge in [-0.15, -0.1) is 19.7 Å². The zero-order valence-corrected chi connectivity index (χ0v) is 50.4. The second-order valence-corrected chi connectivity index (χ2v) is 19.7. The molecule has 0 aliphatic carbocycles. The number of aliphatic hydroxyl groups excluding tert-OH is 2. The minimum absolute atomic E-state index is 0. The van der Waals surface area contributed by atoms with Crippen molar-refractivity contribution >= 4 is 22.2 Å². The fraction of sp³-hybridized carbons (Fsp3) is 0.281. The van der Waals surface area contributed by atoms with E-state index in [2.05, 4.69) is 51.1 Å². The number of furan rings is 3. The number of hydrogen-bond donors (Lipinski definition) is 2. The number of aldehydes is 1. The summed E-state index contributed by atoms with van der Waals surface area (Å²) >= 11 is 3.48. The van der Waals surface area contributed by atoms with Gasteiger partial charge in [0.15, 0.2) is 52.3 Å². The van der Waals surface area contributed by atoms with E-state index in [1.807, 2.05) is 148 Å². The summed E-state index contributed by atoms with van der Waals surface area (Å²) in [7, 11) is 15.9. The number of likely N-dealkylation sites (N-methyl/N-ethyl adjacent to an activating group) is 3. The molecule has 0 amide bonds. The number of nitrogens with zero attached hydrogens (tertiary/aromatic N) is 6. The second-order valence-electron chi connectivity index (χ2n) is 18.9. The lowest BCUT2D eigenvalue weighted by molar-refractivity contribution is 0.109. The molecule has 0 unspecified atom stereocenters. The number of hydrogen-bond acceptors (Lipinski definition) is 21. The summed E-state index contributed by atoms with van der Waals surface area (Å²) in [6.07, 6.45) is 7.76. The van der Waals surface area contributed by atoms with E-state index in [4.69, 9.17) is 55.2 Å². The van der Waals surface area contributed by atoms with E-state index in [9.17, 15) is 15.0 Å².